The van der Waals surface area contributed by atoms with E-state index < -0.39 is 5.60 Å². The molecule has 1 N–H and O–H groups in total. The smallest absolute Gasteiger partial charge is 0.0719 e. The van der Waals surface area contributed by atoms with Gasteiger partial charge in [0.15, 0.2) is 0 Å². The minimum Gasteiger partial charge on any atom is -0.389 e. The van der Waals surface area contributed by atoms with E-state index >= 15 is 0 Å². The first kappa shape index (κ1) is 12.0. The standard InChI is InChI=1S/C12H24O2/c1-8(2)10-7-12(6,13)11(4,5)9(3)14-10/h8-10,13H,7H2,1-6H3. The molecule has 1 saturated heterocycles. The van der Waals surface area contributed by atoms with Crippen LogP contribution in [0.5, 0.6) is 0 Å². The molecule has 0 aromatic carbocycles. The summed E-state index contributed by atoms with van der Waals surface area (Å²) in [5.41, 5.74) is -0.794. The molecular formula is C12H24O2. The maximum Gasteiger partial charge on any atom is 0.0719 e. The van der Waals surface area contributed by atoms with Gasteiger partial charge in [-0.25, -0.2) is 0 Å². The summed E-state index contributed by atoms with van der Waals surface area (Å²) in [5, 5.41) is 10.4. The number of rotatable bonds is 1. The first-order valence-corrected chi connectivity index (χ1v) is 5.56. The minimum atomic E-state index is -0.625. The second-order valence-corrected chi connectivity index (χ2v) is 5.76. The van der Waals surface area contributed by atoms with Crippen LogP contribution in [0.3, 0.4) is 0 Å². The lowest BCUT2D eigenvalue weighted by Crippen LogP contribution is -2.57. The highest BCUT2D eigenvalue weighted by Crippen LogP contribution is 2.45. The molecule has 0 spiro atoms. The van der Waals surface area contributed by atoms with Gasteiger partial charge in [-0.15, -0.1) is 0 Å². The Morgan fingerprint density at radius 1 is 1.29 bits per heavy atom. The monoisotopic (exact) mass is 200 g/mol. The summed E-state index contributed by atoms with van der Waals surface area (Å²) in [5.74, 6) is 0.472. The van der Waals surface area contributed by atoms with Gasteiger partial charge in [0.05, 0.1) is 17.8 Å². The van der Waals surface area contributed by atoms with Crippen LogP contribution in [-0.4, -0.2) is 22.9 Å². The summed E-state index contributed by atoms with van der Waals surface area (Å²) in [6.07, 6.45) is 1.04. The molecule has 1 heterocycles. The Labute approximate surface area is 87.7 Å². The normalized spacial score (nSPS) is 42.9. The lowest BCUT2D eigenvalue weighted by molar-refractivity contribution is -0.220. The maximum atomic E-state index is 10.4. The first-order valence-electron chi connectivity index (χ1n) is 5.56. The molecule has 0 aromatic rings. The zero-order valence-corrected chi connectivity index (χ0v) is 10.3. The SMILES string of the molecule is CC(C)C1CC(C)(O)C(C)(C)C(C)O1. The number of ether oxygens (including phenoxy) is 1. The maximum absolute atomic E-state index is 10.4. The molecule has 0 aromatic heterocycles. The summed E-state index contributed by atoms with van der Waals surface area (Å²) >= 11 is 0. The van der Waals surface area contributed by atoms with Crippen LogP contribution in [0.25, 0.3) is 0 Å². The Balaban J connectivity index is 2.85. The Morgan fingerprint density at radius 2 is 1.79 bits per heavy atom. The molecular weight excluding hydrogens is 176 g/mol. The van der Waals surface area contributed by atoms with Crippen molar-refractivity contribution in [2.24, 2.45) is 11.3 Å². The van der Waals surface area contributed by atoms with Gasteiger partial charge in [0, 0.05) is 11.8 Å². The van der Waals surface area contributed by atoms with Crippen LogP contribution in [0, 0.1) is 11.3 Å². The van der Waals surface area contributed by atoms with E-state index in [2.05, 4.69) is 34.6 Å². The summed E-state index contributed by atoms with van der Waals surface area (Å²) in [4.78, 5) is 0. The van der Waals surface area contributed by atoms with Crippen molar-refractivity contribution in [3.8, 4) is 0 Å². The van der Waals surface area contributed by atoms with Gasteiger partial charge in [-0.1, -0.05) is 27.7 Å². The lowest BCUT2D eigenvalue weighted by atomic mass is 9.67. The van der Waals surface area contributed by atoms with E-state index in [0.29, 0.717) is 5.92 Å². The second-order valence-electron chi connectivity index (χ2n) is 5.76. The van der Waals surface area contributed by atoms with E-state index in [0.717, 1.165) is 6.42 Å². The van der Waals surface area contributed by atoms with Crippen LogP contribution in [0.4, 0.5) is 0 Å². The highest BCUT2D eigenvalue weighted by atomic mass is 16.5. The molecule has 14 heavy (non-hydrogen) atoms. The zero-order valence-electron chi connectivity index (χ0n) is 10.3. The quantitative estimate of drug-likeness (QED) is 0.705. The van der Waals surface area contributed by atoms with Crippen LogP contribution in [0.2, 0.25) is 0 Å². The fourth-order valence-corrected chi connectivity index (χ4v) is 1.97. The Morgan fingerprint density at radius 3 is 2.14 bits per heavy atom. The third kappa shape index (κ3) is 1.82. The van der Waals surface area contributed by atoms with Crippen LogP contribution >= 0.6 is 0 Å². The molecule has 0 radical (unpaired) electrons. The van der Waals surface area contributed by atoms with Gasteiger partial charge in [-0.05, 0) is 19.8 Å². The topological polar surface area (TPSA) is 29.5 Å². The molecule has 0 amide bonds. The molecule has 0 aliphatic carbocycles. The van der Waals surface area contributed by atoms with Crippen molar-refractivity contribution in [1.82, 2.24) is 0 Å². The molecule has 1 aliphatic rings. The van der Waals surface area contributed by atoms with Crippen molar-refractivity contribution in [3.05, 3.63) is 0 Å². The highest BCUT2D eigenvalue weighted by molar-refractivity contribution is 4.99. The molecule has 3 atom stereocenters. The average molecular weight is 200 g/mol. The van der Waals surface area contributed by atoms with E-state index in [9.17, 15) is 5.11 Å². The van der Waals surface area contributed by atoms with E-state index in [-0.39, 0.29) is 17.6 Å². The predicted molar refractivity (Wildman–Crippen MR) is 58.2 cm³/mol. The Bertz CT molecular complexity index is 206. The fraction of sp³-hybridized carbons (Fsp3) is 1.00. The lowest BCUT2D eigenvalue weighted by Gasteiger charge is -2.51. The summed E-state index contributed by atoms with van der Waals surface area (Å²) in [7, 11) is 0. The molecule has 0 bridgehead atoms. The molecule has 0 saturated carbocycles. The van der Waals surface area contributed by atoms with Crippen molar-refractivity contribution in [2.45, 2.75) is 65.8 Å². The largest absolute Gasteiger partial charge is 0.389 e. The molecule has 84 valence electrons. The van der Waals surface area contributed by atoms with Gasteiger partial charge in [-0.2, -0.15) is 0 Å². The molecule has 2 nitrogen and oxygen atoms in total. The third-order valence-corrected chi connectivity index (χ3v) is 4.13. The molecule has 3 unspecified atom stereocenters. The van der Waals surface area contributed by atoms with Gasteiger partial charge in [0.2, 0.25) is 0 Å². The van der Waals surface area contributed by atoms with Crippen molar-refractivity contribution in [1.29, 1.82) is 0 Å². The van der Waals surface area contributed by atoms with E-state index in [1.165, 1.54) is 0 Å². The summed E-state index contributed by atoms with van der Waals surface area (Å²) in [6.45, 7) is 12.4. The first-order chi connectivity index (χ1) is 6.18. The molecule has 1 fully saturated rings. The molecule has 2 heteroatoms. The average Bonchev–Trinajstić information content (AvgIpc) is 1.99. The third-order valence-electron chi connectivity index (χ3n) is 4.13. The predicted octanol–water partition coefficient (Wildman–Crippen LogP) is 2.60. The van der Waals surface area contributed by atoms with Crippen molar-refractivity contribution in [3.63, 3.8) is 0 Å². The summed E-state index contributed by atoms with van der Waals surface area (Å²) in [6, 6.07) is 0. The number of aliphatic hydroxyl groups is 1. The van der Waals surface area contributed by atoms with Gasteiger partial charge < -0.3 is 9.84 Å². The fourth-order valence-electron chi connectivity index (χ4n) is 1.97. The second kappa shape index (κ2) is 3.49. The van der Waals surface area contributed by atoms with Crippen molar-refractivity contribution >= 4 is 0 Å². The van der Waals surface area contributed by atoms with Crippen LogP contribution in [-0.2, 0) is 4.74 Å². The van der Waals surface area contributed by atoms with Crippen LogP contribution < -0.4 is 0 Å². The van der Waals surface area contributed by atoms with Gasteiger partial charge >= 0.3 is 0 Å². The highest BCUT2D eigenvalue weighted by Gasteiger charge is 2.50. The van der Waals surface area contributed by atoms with Crippen LogP contribution in [0.15, 0.2) is 0 Å². The number of hydrogen-bond acceptors (Lipinski definition) is 2. The summed E-state index contributed by atoms with van der Waals surface area (Å²) < 4.78 is 5.94. The van der Waals surface area contributed by atoms with Crippen molar-refractivity contribution in [2.75, 3.05) is 0 Å². The van der Waals surface area contributed by atoms with Crippen LogP contribution in [0.1, 0.15) is 48.0 Å². The Hall–Kier alpha value is -0.0800. The number of hydrogen-bond donors (Lipinski definition) is 1. The Kier molecular flexibility index (Phi) is 2.99. The van der Waals surface area contributed by atoms with Crippen molar-refractivity contribution < 1.29 is 9.84 Å². The molecule has 1 rings (SSSR count). The van der Waals surface area contributed by atoms with Gasteiger partial charge in [0.1, 0.15) is 0 Å². The van der Waals surface area contributed by atoms with E-state index in [1.54, 1.807) is 0 Å². The zero-order chi connectivity index (χ0) is 11.1. The van der Waals surface area contributed by atoms with E-state index in [1.807, 2.05) is 6.92 Å². The van der Waals surface area contributed by atoms with Gasteiger partial charge in [0.25, 0.3) is 0 Å². The van der Waals surface area contributed by atoms with Gasteiger partial charge in [-0.3, -0.25) is 0 Å². The minimum absolute atomic E-state index is 0.110. The molecule has 1 aliphatic heterocycles. The van der Waals surface area contributed by atoms with E-state index in [4.69, 9.17) is 4.74 Å².